The molecular weight excluding hydrogens is 478 g/mol. The van der Waals surface area contributed by atoms with Crippen LogP contribution in [-0.2, 0) is 28.5 Å². The van der Waals surface area contributed by atoms with Crippen molar-refractivity contribution < 1.29 is 28.5 Å². The number of hydrogen-bond acceptors (Lipinski definition) is 3. The monoisotopic (exact) mass is 497 g/mol. The summed E-state index contributed by atoms with van der Waals surface area (Å²) in [6.07, 6.45) is 0. The van der Waals surface area contributed by atoms with Crippen molar-refractivity contribution >= 4 is 22.5 Å². The second-order valence-electron chi connectivity index (χ2n) is 5.31. The molecule has 0 N–H and O–H groups in total. The summed E-state index contributed by atoms with van der Waals surface area (Å²) < 4.78 is -0.407. The SMILES string of the molecule is CC(=O)[CH]([Ir])C(C)=O.c1ccc(-c2ccc3ccccc3n2)cc1. The Hall–Kier alpha value is -2.16. The minimum absolute atomic E-state index is 0.0579. The number of nitrogens with zero attached hydrogens (tertiary/aromatic N) is 1. The minimum atomic E-state index is -0.407. The fourth-order valence-electron chi connectivity index (χ4n) is 2.12. The Balaban J connectivity index is 0.000000224. The number of benzene rings is 2. The fourth-order valence-corrected chi connectivity index (χ4v) is 2.12. The van der Waals surface area contributed by atoms with E-state index in [1.807, 2.05) is 36.4 Å². The van der Waals surface area contributed by atoms with Gasteiger partial charge in [0.05, 0.1) is 11.2 Å². The van der Waals surface area contributed by atoms with Crippen molar-refractivity contribution in [1.29, 1.82) is 0 Å². The molecule has 124 valence electrons. The predicted molar refractivity (Wildman–Crippen MR) is 92.3 cm³/mol. The Bertz CT molecular complexity index is 832. The van der Waals surface area contributed by atoms with Crippen LogP contribution in [0, 0.1) is 0 Å². The van der Waals surface area contributed by atoms with E-state index in [0.29, 0.717) is 0 Å². The first-order valence-corrected chi connectivity index (χ1v) is 8.91. The second-order valence-corrected chi connectivity index (χ2v) is 6.70. The quantitative estimate of drug-likeness (QED) is 0.505. The zero-order valence-corrected chi connectivity index (χ0v) is 15.9. The van der Waals surface area contributed by atoms with Crippen LogP contribution in [0.4, 0.5) is 0 Å². The van der Waals surface area contributed by atoms with Gasteiger partial charge >= 0.3 is 58.3 Å². The molecule has 0 bridgehead atoms. The molecule has 0 unspecified atom stereocenters. The van der Waals surface area contributed by atoms with Gasteiger partial charge in [0.25, 0.3) is 0 Å². The molecule has 0 saturated carbocycles. The summed E-state index contributed by atoms with van der Waals surface area (Å²) in [5, 5.41) is 1.18. The van der Waals surface area contributed by atoms with Crippen LogP contribution in [0.5, 0.6) is 0 Å². The maximum absolute atomic E-state index is 10.4. The molecule has 4 heteroatoms. The van der Waals surface area contributed by atoms with Gasteiger partial charge in [0.15, 0.2) is 0 Å². The Kier molecular flexibility index (Phi) is 6.53. The smallest absolute Gasteiger partial charge is 0.0709 e. The van der Waals surface area contributed by atoms with Crippen LogP contribution in [0.3, 0.4) is 0 Å². The van der Waals surface area contributed by atoms with Crippen molar-refractivity contribution in [3.63, 3.8) is 0 Å². The largest absolute Gasteiger partial charge is 0.248 e. The van der Waals surface area contributed by atoms with Crippen LogP contribution in [0.2, 0.25) is 4.43 Å². The number of fused-ring (bicyclic) bond motifs is 1. The molecule has 0 fully saturated rings. The minimum Gasteiger partial charge on any atom is -0.248 e. The molecule has 3 rings (SSSR count). The van der Waals surface area contributed by atoms with E-state index in [-0.39, 0.29) is 11.6 Å². The molecule has 0 aliphatic heterocycles. The van der Waals surface area contributed by atoms with E-state index in [1.54, 1.807) is 18.9 Å². The van der Waals surface area contributed by atoms with Crippen LogP contribution >= 0.6 is 0 Å². The van der Waals surface area contributed by atoms with Gasteiger partial charge in [0.1, 0.15) is 0 Å². The summed E-state index contributed by atoms with van der Waals surface area (Å²) in [6, 6.07) is 22.6. The first kappa shape index (κ1) is 18.2. The van der Waals surface area contributed by atoms with Crippen LogP contribution in [-0.4, -0.2) is 16.6 Å². The number of rotatable bonds is 3. The van der Waals surface area contributed by atoms with Crippen LogP contribution in [0.25, 0.3) is 22.2 Å². The Morgan fingerprint density at radius 1 is 0.833 bits per heavy atom. The van der Waals surface area contributed by atoms with E-state index in [2.05, 4.69) is 35.3 Å². The number of para-hydroxylation sites is 1. The average molecular weight is 497 g/mol. The van der Waals surface area contributed by atoms with E-state index in [4.69, 9.17) is 0 Å². The summed E-state index contributed by atoms with van der Waals surface area (Å²) >= 11 is 1.62. The Labute approximate surface area is 152 Å². The van der Waals surface area contributed by atoms with Gasteiger partial charge in [0.2, 0.25) is 0 Å². The van der Waals surface area contributed by atoms with Crippen molar-refractivity contribution in [2.45, 2.75) is 18.3 Å². The molecule has 0 saturated heterocycles. The number of pyridine rings is 1. The van der Waals surface area contributed by atoms with E-state index >= 15 is 0 Å². The van der Waals surface area contributed by atoms with Gasteiger partial charge < -0.3 is 0 Å². The predicted octanol–water partition coefficient (Wildman–Crippen LogP) is 4.40. The summed E-state index contributed by atoms with van der Waals surface area (Å²) in [7, 11) is 0. The van der Waals surface area contributed by atoms with Crippen LogP contribution in [0.15, 0.2) is 66.7 Å². The summed E-state index contributed by atoms with van der Waals surface area (Å²) in [5.74, 6) is -0.116. The van der Waals surface area contributed by atoms with Gasteiger partial charge in [-0.1, -0.05) is 54.6 Å². The van der Waals surface area contributed by atoms with Gasteiger partial charge in [-0.3, -0.25) is 0 Å². The molecule has 0 amide bonds. The van der Waals surface area contributed by atoms with E-state index in [9.17, 15) is 9.59 Å². The topological polar surface area (TPSA) is 47.0 Å². The van der Waals surface area contributed by atoms with Crippen LogP contribution in [0.1, 0.15) is 13.8 Å². The van der Waals surface area contributed by atoms with E-state index in [0.717, 1.165) is 16.8 Å². The normalized spacial score (nSPS) is 10.2. The third kappa shape index (κ3) is 4.92. The van der Waals surface area contributed by atoms with Gasteiger partial charge in [-0.15, -0.1) is 0 Å². The number of carbonyl (C=O) groups excluding carboxylic acids is 2. The number of Topliss-reactive ketones (excluding diaryl/α,β-unsaturated/α-hetero) is 2. The first-order valence-electron chi connectivity index (χ1n) is 7.52. The van der Waals surface area contributed by atoms with Gasteiger partial charge in [-0.25, -0.2) is 4.98 Å². The molecule has 0 atom stereocenters. The Morgan fingerprint density at radius 2 is 1.42 bits per heavy atom. The molecule has 0 aliphatic rings. The van der Waals surface area contributed by atoms with Crippen molar-refractivity contribution in [2.24, 2.45) is 0 Å². The fraction of sp³-hybridized carbons (Fsp3) is 0.150. The molecular formula is C20H18IrNO2. The molecule has 3 nitrogen and oxygen atoms in total. The molecule has 0 radical (unpaired) electrons. The van der Waals surface area contributed by atoms with E-state index in [1.165, 1.54) is 19.2 Å². The summed E-state index contributed by atoms with van der Waals surface area (Å²) in [6.45, 7) is 2.85. The van der Waals surface area contributed by atoms with E-state index < -0.39 is 4.43 Å². The third-order valence-corrected chi connectivity index (χ3v) is 5.29. The number of carbonyl (C=O) groups is 2. The van der Waals surface area contributed by atoms with Gasteiger partial charge in [-0.05, 0) is 12.1 Å². The maximum atomic E-state index is 10.4. The zero-order valence-electron chi connectivity index (χ0n) is 13.5. The molecule has 1 aromatic heterocycles. The number of aromatic nitrogens is 1. The number of hydrogen-bond donors (Lipinski definition) is 0. The zero-order chi connectivity index (χ0) is 17.5. The molecule has 1 heterocycles. The maximum Gasteiger partial charge on any atom is 0.0709 e. The van der Waals surface area contributed by atoms with Crippen molar-refractivity contribution in [2.75, 3.05) is 0 Å². The standard InChI is InChI=1S/C15H11N.C5H7O2.Ir/c1-2-6-12(7-3-1)15-11-10-13-8-4-5-9-14(13)16-15;1-4(6)3-5(2)7;/h1-11H;3H,1-2H3;. The second kappa shape index (κ2) is 8.62. The summed E-state index contributed by atoms with van der Waals surface area (Å²) in [5.41, 5.74) is 3.23. The first-order chi connectivity index (χ1) is 11.5. The van der Waals surface area contributed by atoms with Gasteiger partial charge in [-0.2, -0.15) is 0 Å². The molecule has 3 aromatic rings. The Morgan fingerprint density at radius 3 is 2.00 bits per heavy atom. The molecule has 0 spiro atoms. The third-order valence-electron chi connectivity index (χ3n) is 3.35. The van der Waals surface area contributed by atoms with Gasteiger partial charge in [0, 0.05) is 10.9 Å². The molecule has 0 aliphatic carbocycles. The molecule has 2 aromatic carbocycles. The van der Waals surface area contributed by atoms with Crippen molar-refractivity contribution in [3.8, 4) is 11.3 Å². The number of ketones is 2. The summed E-state index contributed by atoms with van der Waals surface area (Å²) in [4.78, 5) is 25.4. The van der Waals surface area contributed by atoms with Crippen molar-refractivity contribution in [1.82, 2.24) is 4.98 Å². The van der Waals surface area contributed by atoms with Crippen molar-refractivity contribution in [3.05, 3.63) is 66.7 Å². The molecule has 24 heavy (non-hydrogen) atoms. The van der Waals surface area contributed by atoms with Crippen LogP contribution < -0.4 is 0 Å². The average Bonchev–Trinajstić information content (AvgIpc) is 2.61.